The number of alkyl carbamates (subject to hydrolysis) is 1. The van der Waals surface area contributed by atoms with Crippen LogP contribution < -0.4 is 5.32 Å². The molecule has 9 heteroatoms. The molecule has 0 saturated carbocycles. The number of carboxylic acid groups (broad SMARTS) is 1. The number of ketones is 1. The lowest BCUT2D eigenvalue weighted by Gasteiger charge is -2.16. The number of hydrogen-bond acceptors (Lipinski definition) is 4. The lowest BCUT2D eigenvalue weighted by molar-refractivity contribution is -0.139. The minimum Gasteiger partial charge on any atom is -0.480 e. The molecule has 1 atom stereocenters. The number of carbonyl (C=O) groups is 3. The van der Waals surface area contributed by atoms with E-state index in [1.54, 1.807) is 12.1 Å². The second kappa shape index (κ2) is 9.26. The zero-order chi connectivity index (χ0) is 20.0. The van der Waals surface area contributed by atoms with E-state index in [9.17, 15) is 19.5 Å². The molecule has 1 unspecified atom stereocenters. The number of fused-ring (bicyclic) bond motifs is 1. The van der Waals surface area contributed by atoms with E-state index >= 15 is 0 Å². The molecule has 0 radical (unpaired) electrons. The van der Waals surface area contributed by atoms with Gasteiger partial charge in [-0.3, -0.25) is 4.79 Å². The molecule has 0 aliphatic rings. The Labute approximate surface area is 170 Å². The quantitative estimate of drug-likeness (QED) is 0.501. The first kappa shape index (κ1) is 21.3. The van der Waals surface area contributed by atoms with Crippen molar-refractivity contribution in [1.82, 2.24) is 5.32 Å². The number of hydrogen-bond donors (Lipinski definition) is 2. The van der Waals surface area contributed by atoms with Crippen molar-refractivity contribution in [3.05, 3.63) is 48.0 Å². The third kappa shape index (κ3) is 6.57. The third-order valence-corrected chi connectivity index (χ3v) is 4.03. The molecule has 144 valence electrons. The maximum Gasteiger partial charge on any atom is 0.407 e. The van der Waals surface area contributed by atoms with Gasteiger partial charge in [0.05, 0.1) is 0 Å². The number of ether oxygens (including phenoxy) is 1. The van der Waals surface area contributed by atoms with Crippen LogP contribution in [0.3, 0.4) is 0 Å². The minimum absolute atomic E-state index is 0.0737. The summed E-state index contributed by atoms with van der Waals surface area (Å²) in [5.74, 6) is -1.53. The highest BCUT2D eigenvalue weighted by molar-refractivity contribution is 6.67. The van der Waals surface area contributed by atoms with Gasteiger partial charge in [0.15, 0.2) is 5.78 Å². The van der Waals surface area contributed by atoms with Gasteiger partial charge in [-0.05, 0) is 17.2 Å². The number of carbonyl (C=O) groups excluding carboxylic acids is 2. The van der Waals surface area contributed by atoms with Gasteiger partial charge in [-0.2, -0.15) is 0 Å². The Morgan fingerprint density at radius 1 is 1.07 bits per heavy atom. The van der Waals surface area contributed by atoms with Gasteiger partial charge in [-0.1, -0.05) is 77.3 Å². The summed E-state index contributed by atoms with van der Waals surface area (Å²) in [6.45, 7) is -0.537. The zero-order valence-corrected chi connectivity index (χ0v) is 16.2. The Morgan fingerprint density at radius 2 is 1.74 bits per heavy atom. The highest BCUT2D eigenvalue weighted by atomic mass is 35.6. The van der Waals surface area contributed by atoms with Crippen molar-refractivity contribution in [3.8, 4) is 0 Å². The number of aliphatic carboxylic acids is 1. The molecule has 0 spiro atoms. The van der Waals surface area contributed by atoms with E-state index < -0.39 is 28.5 Å². The van der Waals surface area contributed by atoms with Gasteiger partial charge in [-0.15, -0.1) is 0 Å². The molecule has 0 aliphatic heterocycles. The largest absolute Gasteiger partial charge is 0.480 e. The van der Waals surface area contributed by atoms with E-state index in [1.165, 1.54) is 0 Å². The average Bonchev–Trinajstić information content (AvgIpc) is 2.61. The summed E-state index contributed by atoms with van der Waals surface area (Å²) >= 11 is 16.4. The summed E-state index contributed by atoms with van der Waals surface area (Å²) in [5, 5.41) is 13.1. The Morgan fingerprint density at radius 3 is 2.41 bits per heavy atom. The summed E-state index contributed by atoms with van der Waals surface area (Å²) < 4.78 is 2.84. The topological polar surface area (TPSA) is 92.7 Å². The first-order chi connectivity index (χ1) is 12.7. The molecule has 0 aliphatic carbocycles. The molecule has 6 nitrogen and oxygen atoms in total. The number of Topliss-reactive ketones (excluding diaryl/α,β-unsaturated/α-hetero) is 1. The van der Waals surface area contributed by atoms with Gasteiger partial charge in [-0.25, -0.2) is 9.59 Å². The van der Waals surface area contributed by atoms with Gasteiger partial charge in [0.2, 0.25) is 3.79 Å². The number of nitrogens with one attached hydrogen (secondary N) is 1. The fourth-order valence-electron chi connectivity index (χ4n) is 2.47. The second-order valence-corrected chi connectivity index (χ2v) is 8.23. The molecule has 27 heavy (non-hydrogen) atoms. The number of halogens is 3. The molecule has 0 bridgehead atoms. The van der Waals surface area contributed by atoms with Crippen molar-refractivity contribution >= 4 is 63.4 Å². The molecule has 0 saturated heterocycles. The van der Waals surface area contributed by atoms with E-state index in [4.69, 9.17) is 34.8 Å². The SMILES string of the molecule is O=C(NC(CCC(=O)c1cccc2ccccc12)C(=O)O)OCC(Cl)(Cl)Cl. The Balaban J connectivity index is 2.00. The van der Waals surface area contributed by atoms with Crippen molar-refractivity contribution in [2.75, 3.05) is 6.61 Å². The molecule has 0 heterocycles. The predicted molar refractivity (Wildman–Crippen MR) is 104 cm³/mol. The molecule has 2 rings (SSSR count). The number of rotatable bonds is 7. The summed E-state index contributed by atoms with van der Waals surface area (Å²) in [6, 6.07) is 11.4. The van der Waals surface area contributed by atoms with Crippen LogP contribution in [-0.4, -0.2) is 39.4 Å². The fourth-order valence-corrected chi connectivity index (χ4v) is 2.63. The van der Waals surface area contributed by atoms with Crippen LogP contribution in [0.25, 0.3) is 10.8 Å². The van der Waals surface area contributed by atoms with Gasteiger partial charge >= 0.3 is 12.1 Å². The molecule has 0 fully saturated rings. The van der Waals surface area contributed by atoms with Crippen molar-refractivity contribution in [3.63, 3.8) is 0 Å². The average molecular weight is 433 g/mol. The van der Waals surface area contributed by atoms with Gasteiger partial charge < -0.3 is 15.2 Å². The Hall–Kier alpha value is -2.02. The highest BCUT2D eigenvalue weighted by Gasteiger charge is 2.26. The predicted octanol–water partition coefficient (Wildman–Crippen LogP) is 4.35. The highest BCUT2D eigenvalue weighted by Crippen LogP contribution is 2.26. The van der Waals surface area contributed by atoms with Crippen LogP contribution in [0.15, 0.2) is 42.5 Å². The second-order valence-electron chi connectivity index (χ2n) is 5.72. The fraction of sp³-hybridized carbons (Fsp3) is 0.278. The van der Waals surface area contributed by atoms with Gasteiger partial charge in [0.1, 0.15) is 12.6 Å². The normalized spacial score (nSPS) is 12.4. The number of amides is 1. The number of carboxylic acids is 1. The van der Waals surface area contributed by atoms with Crippen LogP contribution in [0.4, 0.5) is 4.79 Å². The minimum atomic E-state index is -1.81. The Kier molecular flexibility index (Phi) is 7.30. The Bertz CT molecular complexity index is 845. The van der Waals surface area contributed by atoms with Crippen LogP contribution >= 0.6 is 34.8 Å². The van der Waals surface area contributed by atoms with Crippen LogP contribution in [-0.2, 0) is 9.53 Å². The van der Waals surface area contributed by atoms with E-state index in [0.29, 0.717) is 5.56 Å². The van der Waals surface area contributed by atoms with Crippen molar-refractivity contribution in [1.29, 1.82) is 0 Å². The summed E-state index contributed by atoms with van der Waals surface area (Å²) in [7, 11) is 0. The summed E-state index contributed by atoms with van der Waals surface area (Å²) in [4.78, 5) is 35.5. The first-order valence-electron chi connectivity index (χ1n) is 7.91. The summed E-state index contributed by atoms with van der Waals surface area (Å²) in [5.41, 5.74) is 0.496. The van der Waals surface area contributed by atoms with Crippen molar-refractivity contribution in [2.24, 2.45) is 0 Å². The first-order valence-corrected chi connectivity index (χ1v) is 9.04. The smallest absolute Gasteiger partial charge is 0.407 e. The molecular formula is C18H16Cl3NO5. The van der Waals surface area contributed by atoms with Crippen LogP contribution in [0, 0.1) is 0 Å². The van der Waals surface area contributed by atoms with Crippen molar-refractivity contribution < 1.29 is 24.2 Å². The molecular weight excluding hydrogens is 417 g/mol. The lowest BCUT2D eigenvalue weighted by Crippen LogP contribution is -2.42. The summed E-state index contributed by atoms with van der Waals surface area (Å²) in [6.07, 6.45) is -1.23. The molecule has 1 amide bonds. The molecule has 2 N–H and O–H groups in total. The van der Waals surface area contributed by atoms with E-state index in [-0.39, 0.29) is 18.6 Å². The third-order valence-electron chi connectivity index (χ3n) is 3.71. The van der Waals surface area contributed by atoms with E-state index in [1.807, 2.05) is 30.3 Å². The lowest BCUT2D eigenvalue weighted by atomic mass is 9.98. The number of alkyl halides is 3. The molecule has 0 aromatic heterocycles. The van der Waals surface area contributed by atoms with E-state index in [0.717, 1.165) is 10.8 Å². The van der Waals surface area contributed by atoms with E-state index in [2.05, 4.69) is 10.1 Å². The molecule has 2 aromatic rings. The van der Waals surface area contributed by atoms with Gasteiger partial charge in [0.25, 0.3) is 0 Å². The maximum atomic E-state index is 12.5. The maximum absolute atomic E-state index is 12.5. The standard InChI is InChI=1S/C18H16Cl3NO5/c19-18(20,21)10-27-17(26)22-14(16(24)25)8-9-15(23)13-7-3-5-11-4-1-2-6-12(11)13/h1-7,14H,8-10H2,(H,22,26)(H,24,25). The van der Waals surface area contributed by atoms with Crippen LogP contribution in [0.2, 0.25) is 0 Å². The van der Waals surface area contributed by atoms with Crippen molar-refractivity contribution in [2.45, 2.75) is 22.7 Å². The number of benzene rings is 2. The van der Waals surface area contributed by atoms with Crippen LogP contribution in [0.5, 0.6) is 0 Å². The van der Waals surface area contributed by atoms with Gasteiger partial charge in [0, 0.05) is 12.0 Å². The van der Waals surface area contributed by atoms with Crippen LogP contribution in [0.1, 0.15) is 23.2 Å². The zero-order valence-electron chi connectivity index (χ0n) is 14.0. The molecule has 2 aromatic carbocycles. The monoisotopic (exact) mass is 431 g/mol.